The third kappa shape index (κ3) is 3.39. The molecule has 6 nitrogen and oxygen atoms in total. The molecule has 0 bridgehead atoms. The largest absolute Gasteiger partial charge is 0.492 e. The topological polar surface area (TPSA) is 73.2 Å². The standard InChI is InChI=1S/C16H18FN3O3/c1-5-23-13-7-6-11(17)8-12(13)18-16(22)15(21)14-9(2)19-20(4)10(14)3/h6-8H,5H2,1-4H3,(H,18,22). The number of nitrogens with one attached hydrogen (secondary N) is 1. The molecule has 1 aromatic heterocycles. The number of ketones is 1. The molecule has 0 unspecified atom stereocenters. The molecule has 23 heavy (non-hydrogen) atoms. The Bertz CT molecular complexity index is 768. The average Bonchev–Trinajstić information content (AvgIpc) is 2.74. The van der Waals surface area contributed by atoms with Crippen LogP contribution in [0.25, 0.3) is 0 Å². The lowest BCUT2D eigenvalue weighted by molar-refractivity contribution is -0.112. The maximum absolute atomic E-state index is 13.4. The lowest BCUT2D eigenvalue weighted by Crippen LogP contribution is -2.24. The predicted molar refractivity (Wildman–Crippen MR) is 83.2 cm³/mol. The van der Waals surface area contributed by atoms with Crippen LogP contribution in [0.5, 0.6) is 5.75 Å². The van der Waals surface area contributed by atoms with E-state index in [0.29, 0.717) is 23.7 Å². The van der Waals surface area contributed by atoms with Crippen molar-refractivity contribution in [1.29, 1.82) is 0 Å². The van der Waals surface area contributed by atoms with Crippen LogP contribution in [0.1, 0.15) is 28.7 Å². The van der Waals surface area contributed by atoms with E-state index in [1.54, 1.807) is 27.8 Å². The van der Waals surface area contributed by atoms with Gasteiger partial charge in [0.15, 0.2) is 0 Å². The quantitative estimate of drug-likeness (QED) is 0.678. The van der Waals surface area contributed by atoms with Crippen LogP contribution in [0.4, 0.5) is 10.1 Å². The molecule has 0 saturated heterocycles. The van der Waals surface area contributed by atoms with E-state index in [-0.39, 0.29) is 11.3 Å². The van der Waals surface area contributed by atoms with Crippen LogP contribution in [0.3, 0.4) is 0 Å². The van der Waals surface area contributed by atoms with Crippen LogP contribution in [-0.4, -0.2) is 28.1 Å². The molecule has 0 aliphatic rings. The van der Waals surface area contributed by atoms with E-state index >= 15 is 0 Å². The summed E-state index contributed by atoms with van der Waals surface area (Å²) < 4.78 is 20.2. The first-order valence-corrected chi connectivity index (χ1v) is 7.13. The minimum Gasteiger partial charge on any atom is -0.492 e. The van der Waals surface area contributed by atoms with Crippen molar-refractivity contribution in [2.75, 3.05) is 11.9 Å². The summed E-state index contributed by atoms with van der Waals surface area (Å²) in [7, 11) is 1.69. The van der Waals surface area contributed by atoms with E-state index in [1.165, 1.54) is 16.8 Å². The Morgan fingerprint density at radius 3 is 2.61 bits per heavy atom. The number of aryl methyl sites for hydroxylation is 2. The van der Waals surface area contributed by atoms with Crippen LogP contribution in [-0.2, 0) is 11.8 Å². The van der Waals surface area contributed by atoms with Crippen molar-refractivity contribution in [2.24, 2.45) is 7.05 Å². The lowest BCUT2D eigenvalue weighted by atomic mass is 10.1. The molecule has 0 aliphatic heterocycles. The molecular formula is C16H18FN3O3. The highest BCUT2D eigenvalue weighted by Gasteiger charge is 2.24. The first-order chi connectivity index (χ1) is 10.8. The number of hydrogen-bond acceptors (Lipinski definition) is 4. The van der Waals surface area contributed by atoms with Gasteiger partial charge in [0.2, 0.25) is 0 Å². The molecule has 0 aliphatic carbocycles. The third-order valence-corrected chi connectivity index (χ3v) is 3.43. The highest BCUT2D eigenvalue weighted by Crippen LogP contribution is 2.26. The minimum atomic E-state index is -0.865. The molecule has 0 radical (unpaired) electrons. The zero-order valence-corrected chi connectivity index (χ0v) is 13.4. The Labute approximate surface area is 133 Å². The maximum Gasteiger partial charge on any atom is 0.297 e. The molecule has 1 aromatic carbocycles. The van der Waals surface area contributed by atoms with Crippen molar-refractivity contribution in [3.05, 3.63) is 41.0 Å². The molecule has 1 heterocycles. The third-order valence-electron chi connectivity index (χ3n) is 3.43. The number of carbonyl (C=O) groups excluding carboxylic acids is 2. The molecule has 0 atom stereocenters. The molecule has 2 rings (SSSR count). The molecule has 2 aromatic rings. The second kappa shape index (κ2) is 6.60. The predicted octanol–water partition coefficient (Wildman–Crippen LogP) is 2.40. The molecule has 0 fully saturated rings. The molecule has 0 saturated carbocycles. The molecule has 0 spiro atoms. The Balaban J connectivity index is 2.28. The number of anilines is 1. The van der Waals surface area contributed by atoms with Gasteiger partial charge in [-0.25, -0.2) is 4.39 Å². The van der Waals surface area contributed by atoms with Gasteiger partial charge in [-0.05, 0) is 32.9 Å². The number of ether oxygens (including phenoxy) is 1. The number of hydrogen-bond donors (Lipinski definition) is 1. The van der Waals surface area contributed by atoms with Gasteiger partial charge in [-0.1, -0.05) is 0 Å². The minimum absolute atomic E-state index is 0.115. The molecule has 122 valence electrons. The summed E-state index contributed by atoms with van der Waals surface area (Å²) in [5, 5.41) is 6.52. The summed E-state index contributed by atoms with van der Waals surface area (Å²) in [6, 6.07) is 3.73. The zero-order valence-electron chi connectivity index (χ0n) is 13.4. The fourth-order valence-electron chi connectivity index (χ4n) is 2.28. The average molecular weight is 319 g/mol. The number of nitrogens with zero attached hydrogens (tertiary/aromatic N) is 2. The van der Waals surface area contributed by atoms with E-state index < -0.39 is 17.5 Å². The second-order valence-corrected chi connectivity index (χ2v) is 5.03. The first-order valence-electron chi connectivity index (χ1n) is 7.13. The Morgan fingerprint density at radius 2 is 2.04 bits per heavy atom. The number of halogens is 1. The van der Waals surface area contributed by atoms with Crippen molar-refractivity contribution in [2.45, 2.75) is 20.8 Å². The summed E-state index contributed by atoms with van der Waals surface area (Å²) in [6.45, 7) is 5.47. The van der Waals surface area contributed by atoms with E-state index in [0.717, 1.165) is 6.07 Å². The van der Waals surface area contributed by atoms with Gasteiger partial charge in [-0.2, -0.15) is 5.10 Å². The van der Waals surface area contributed by atoms with Gasteiger partial charge >= 0.3 is 0 Å². The van der Waals surface area contributed by atoms with E-state index in [2.05, 4.69) is 10.4 Å². The highest BCUT2D eigenvalue weighted by atomic mass is 19.1. The Hall–Kier alpha value is -2.70. The van der Waals surface area contributed by atoms with Crippen molar-refractivity contribution < 1.29 is 18.7 Å². The van der Waals surface area contributed by atoms with Gasteiger partial charge in [-0.15, -0.1) is 0 Å². The Morgan fingerprint density at radius 1 is 1.35 bits per heavy atom. The van der Waals surface area contributed by atoms with E-state index in [4.69, 9.17) is 4.74 Å². The van der Waals surface area contributed by atoms with Crippen LogP contribution in [0.2, 0.25) is 0 Å². The summed E-state index contributed by atoms with van der Waals surface area (Å²) >= 11 is 0. The van der Waals surface area contributed by atoms with Gasteiger partial charge in [-0.3, -0.25) is 14.3 Å². The number of amides is 1. The summed E-state index contributed by atoms with van der Waals surface area (Å²) in [6.07, 6.45) is 0. The van der Waals surface area contributed by atoms with Gasteiger partial charge in [0.05, 0.1) is 23.6 Å². The molecule has 7 heteroatoms. The molecular weight excluding hydrogens is 301 g/mol. The van der Waals surface area contributed by atoms with Crippen molar-refractivity contribution in [3.8, 4) is 5.75 Å². The summed E-state index contributed by atoms with van der Waals surface area (Å²) in [5.41, 5.74) is 1.42. The van der Waals surface area contributed by atoms with Crippen molar-refractivity contribution >= 4 is 17.4 Å². The fraction of sp³-hybridized carbons (Fsp3) is 0.312. The summed E-state index contributed by atoms with van der Waals surface area (Å²) in [4.78, 5) is 24.6. The van der Waals surface area contributed by atoms with Crippen LogP contribution in [0, 0.1) is 19.7 Å². The molecule has 1 amide bonds. The number of aromatic nitrogens is 2. The highest BCUT2D eigenvalue weighted by molar-refractivity contribution is 6.47. The number of Topliss-reactive ketones (excluding diaryl/α,β-unsaturated/α-hetero) is 1. The maximum atomic E-state index is 13.4. The normalized spacial score (nSPS) is 10.5. The smallest absolute Gasteiger partial charge is 0.297 e. The van der Waals surface area contributed by atoms with E-state index in [9.17, 15) is 14.0 Å². The first kappa shape index (κ1) is 16.7. The van der Waals surface area contributed by atoms with Gasteiger partial charge < -0.3 is 10.1 Å². The van der Waals surface area contributed by atoms with Crippen molar-refractivity contribution in [1.82, 2.24) is 9.78 Å². The number of carbonyl (C=O) groups is 2. The van der Waals surface area contributed by atoms with E-state index in [1.807, 2.05) is 0 Å². The van der Waals surface area contributed by atoms with Gasteiger partial charge in [0.1, 0.15) is 11.6 Å². The van der Waals surface area contributed by atoms with Crippen LogP contribution in [0.15, 0.2) is 18.2 Å². The summed E-state index contributed by atoms with van der Waals surface area (Å²) in [5.74, 6) is -1.82. The van der Waals surface area contributed by atoms with Crippen molar-refractivity contribution in [3.63, 3.8) is 0 Å². The van der Waals surface area contributed by atoms with Crippen LogP contribution < -0.4 is 10.1 Å². The number of benzene rings is 1. The number of rotatable bonds is 5. The van der Waals surface area contributed by atoms with Gasteiger partial charge in [0.25, 0.3) is 11.7 Å². The second-order valence-electron chi connectivity index (χ2n) is 5.03. The lowest BCUT2D eigenvalue weighted by Gasteiger charge is -2.11. The monoisotopic (exact) mass is 319 g/mol. The van der Waals surface area contributed by atoms with Gasteiger partial charge in [0, 0.05) is 18.8 Å². The fourth-order valence-corrected chi connectivity index (χ4v) is 2.28. The van der Waals surface area contributed by atoms with Crippen LogP contribution >= 0.6 is 0 Å². The zero-order chi connectivity index (χ0) is 17.1. The Kier molecular flexibility index (Phi) is 4.78. The molecule has 1 N–H and O–H groups in total. The SMILES string of the molecule is CCOc1ccc(F)cc1NC(=O)C(=O)c1c(C)nn(C)c1C.